The van der Waals surface area contributed by atoms with Crippen molar-refractivity contribution in [3.8, 4) is 0 Å². The van der Waals surface area contributed by atoms with Gasteiger partial charge in [0.15, 0.2) is 5.69 Å². The largest absolute Gasteiger partial charge is 0.304 e. The van der Waals surface area contributed by atoms with Crippen molar-refractivity contribution in [2.24, 2.45) is 0 Å². The number of carbonyl (C=O) groups excluding carboxylic acids is 1. The zero-order chi connectivity index (χ0) is 14.8. The minimum absolute atomic E-state index is 0.261. The number of halogens is 1. The van der Waals surface area contributed by atoms with Gasteiger partial charge in [0.05, 0.1) is 11.2 Å². The Hall–Kier alpha value is -2.69. The fraction of sp³-hybridized carbons (Fsp3) is 0.125. The monoisotopic (exact) mass is 283 g/mol. The van der Waals surface area contributed by atoms with Gasteiger partial charge in [-0.3, -0.25) is 9.89 Å². The molecule has 5 heteroatoms. The van der Waals surface area contributed by atoms with Crippen LogP contribution >= 0.6 is 0 Å². The number of anilines is 1. The second-order valence-electron chi connectivity index (χ2n) is 4.62. The molecule has 2 aromatic carbocycles. The first-order valence-corrected chi connectivity index (χ1v) is 6.72. The predicted molar refractivity (Wildman–Crippen MR) is 79.8 cm³/mol. The molecule has 4 nitrogen and oxygen atoms in total. The smallest absolute Gasteiger partial charge is 0.279 e. The Balaban J connectivity index is 2.06. The van der Waals surface area contributed by atoms with Crippen molar-refractivity contribution in [1.82, 2.24) is 10.2 Å². The molecular weight excluding hydrogens is 269 g/mol. The van der Waals surface area contributed by atoms with Crippen LogP contribution in [0.25, 0.3) is 10.9 Å². The third kappa shape index (κ3) is 2.27. The third-order valence-electron chi connectivity index (χ3n) is 3.38. The average molecular weight is 283 g/mol. The first-order valence-electron chi connectivity index (χ1n) is 6.72. The zero-order valence-corrected chi connectivity index (χ0v) is 11.5. The first kappa shape index (κ1) is 13.3. The van der Waals surface area contributed by atoms with Crippen LogP contribution in [0.15, 0.2) is 48.5 Å². The van der Waals surface area contributed by atoms with E-state index in [0.29, 0.717) is 12.2 Å². The Kier molecular flexibility index (Phi) is 3.39. The van der Waals surface area contributed by atoms with Crippen molar-refractivity contribution in [1.29, 1.82) is 0 Å². The van der Waals surface area contributed by atoms with Gasteiger partial charge in [0.25, 0.3) is 5.91 Å². The summed E-state index contributed by atoms with van der Waals surface area (Å²) in [5.74, 6) is -0.743. The maximum atomic E-state index is 13.9. The van der Waals surface area contributed by atoms with E-state index < -0.39 is 5.82 Å². The summed E-state index contributed by atoms with van der Waals surface area (Å²) in [6.07, 6.45) is 0. The Labute approximate surface area is 121 Å². The highest BCUT2D eigenvalue weighted by Crippen LogP contribution is 2.23. The number of fused-ring (bicyclic) bond motifs is 1. The Bertz CT molecular complexity index is 797. The Morgan fingerprint density at radius 1 is 1.19 bits per heavy atom. The number of amides is 1. The van der Waals surface area contributed by atoms with E-state index in [1.54, 1.807) is 25.1 Å². The highest BCUT2D eigenvalue weighted by molar-refractivity contribution is 6.12. The van der Waals surface area contributed by atoms with Crippen molar-refractivity contribution in [3.63, 3.8) is 0 Å². The molecule has 0 unspecified atom stereocenters. The summed E-state index contributed by atoms with van der Waals surface area (Å²) in [5, 5.41) is 7.64. The molecular formula is C16H14FN3O. The minimum atomic E-state index is -0.424. The van der Waals surface area contributed by atoms with Crippen LogP contribution in [0.3, 0.4) is 0 Å². The molecule has 0 atom stereocenters. The van der Waals surface area contributed by atoms with Crippen molar-refractivity contribution < 1.29 is 9.18 Å². The van der Waals surface area contributed by atoms with Crippen LogP contribution < -0.4 is 4.90 Å². The Morgan fingerprint density at radius 2 is 1.90 bits per heavy atom. The molecule has 0 radical (unpaired) electrons. The molecule has 106 valence electrons. The molecule has 0 saturated heterocycles. The summed E-state index contributed by atoms with van der Waals surface area (Å²) in [7, 11) is 0. The molecule has 3 aromatic rings. The molecule has 0 fully saturated rings. The molecule has 0 aliphatic rings. The maximum absolute atomic E-state index is 13.9. The lowest BCUT2D eigenvalue weighted by atomic mass is 10.2. The predicted octanol–water partition coefficient (Wildman–Crippen LogP) is 3.37. The molecule has 21 heavy (non-hydrogen) atoms. The van der Waals surface area contributed by atoms with Gasteiger partial charge >= 0.3 is 0 Å². The van der Waals surface area contributed by atoms with Crippen molar-refractivity contribution >= 4 is 22.5 Å². The minimum Gasteiger partial charge on any atom is -0.304 e. The summed E-state index contributed by atoms with van der Waals surface area (Å²) < 4.78 is 13.9. The molecule has 1 aromatic heterocycles. The number of hydrogen-bond acceptors (Lipinski definition) is 2. The summed E-state index contributed by atoms with van der Waals surface area (Å²) in [4.78, 5) is 14.1. The topological polar surface area (TPSA) is 49.0 Å². The Morgan fingerprint density at radius 3 is 2.67 bits per heavy atom. The normalized spacial score (nSPS) is 10.8. The molecule has 0 saturated carbocycles. The van der Waals surface area contributed by atoms with Crippen LogP contribution in [0.5, 0.6) is 0 Å². The number of rotatable bonds is 3. The van der Waals surface area contributed by atoms with Gasteiger partial charge in [-0.15, -0.1) is 0 Å². The second-order valence-corrected chi connectivity index (χ2v) is 4.62. The van der Waals surface area contributed by atoms with Crippen molar-refractivity contribution in [2.75, 3.05) is 11.4 Å². The van der Waals surface area contributed by atoms with E-state index in [1.807, 2.05) is 24.3 Å². The van der Waals surface area contributed by atoms with Gasteiger partial charge < -0.3 is 4.90 Å². The summed E-state index contributed by atoms with van der Waals surface area (Å²) in [5.41, 5.74) is 1.35. The van der Waals surface area contributed by atoms with E-state index in [2.05, 4.69) is 10.2 Å². The third-order valence-corrected chi connectivity index (χ3v) is 3.38. The number of benzene rings is 2. The quantitative estimate of drug-likeness (QED) is 0.801. The van der Waals surface area contributed by atoms with Gasteiger partial charge in [0, 0.05) is 11.9 Å². The van der Waals surface area contributed by atoms with Crippen LogP contribution in [0, 0.1) is 5.82 Å². The second kappa shape index (κ2) is 5.36. The number of para-hydroxylation sites is 2. The fourth-order valence-corrected chi connectivity index (χ4v) is 2.35. The van der Waals surface area contributed by atoms with E-state index in [9.17, 15) is 9.18 Å². The number of aromatic nitrogens is 2. The van der Waals surface area contributed by atoms with E-state index >= 15 is 0 Å². The first-order chi connectivity index (χ1) is 10.2. The van der Waals surface area contributed by atoms with Gasteiger partial charge in [-0.05, 0) is 25.1 Å². The lowest BCUT2D eigenvalue weighted by molar-refractivity contribution is 0.0984. The molecule has 0 aliphatic carbocycles. The molecule has 1 N–H and O–H groups in total. The number of nitrogens with zero attached hydrogens (tertiary/aromatic N) is 2. The van der Waals surface area contributed by atoms with E-state index in [4.69, 9.17) is 0 Å². The van der Waals surface area contributed by atoms with Crippen molar-refractivity contribution in [3.05, 3.63) is 60.0 Å². The standard InChI is InChI=1S/C16H14FN3O/c1-2-20(14-10-6-4-8-12(14)17)16(21)15-11-7-3-5-9-13(11)18-19-15/h3-10H,2H2,1H3,(H,18,19). The van der Waals surface area contributed by atoms with Crippen LogP contribution in [0.2, 0.25) is 0 Å². The van der Waals surface area contributed by atoms with E-state index in [-0.39, 0.29) is 11.6 Å². The highest BCUT2D eigenvalue weighted by atomic mass is 19.1. The highest BCUT2D eigenvalue weighted by Gasteiger charge is 2.22. The summed E-state index contributed by atoms with van der Waals surface area (Å²) in [6.45, 7) is 2.17. The summed E-state index contributed by atoms with van der Waals surface area (Å²) in [6, 6.07) is 13.6. The van der Waals surface area contributed by atoms with Gasteiger partial charge in [-0.25, -0.2) is 4.39 Å². The van der Waals surface area contributed by atoms with Crippen LogP contribution in [0.1, 0.15) is 17.4 Å². The number of nitrogens with one attached hydrogen (secondary N) is 1. The fourth-order valence-electron chi connectivity index (χ4n) is 2.35. The van der Waals surface area contributed by atoms with Crippen molar-refractivity contribution in [2.45, 2.75) is 6.92 Å². The molecule has 0 aliphatic heterocycles. The lowest BCUT2D eigenvalue weighted by Gasteiger charge is -2.20. The SMILES string of the molecule is CCN(C(=O)c1n[nH]c2ccccc12)c1ccccc1F. The molecule has 3 rings (SSSR count). The maximum Gasteiger partial charge on any atom is 0.279 e. The van der Waals surface area contributed by atoms with Crippen LogP contribution in [0.4, 0.5) is 10.1 Å². The number of carbonyl (C=O) groups is 1. The molecule has 0 spiro atoms. The molecule has 1 amide bonds. The van der Waals surface area contributed by atoms with E-state index in [1.165, 1.54) is 11.0 Å². The summed E-state index contributed by atoms with van der Waals surface area (Å²) >= 11 is 0. The van der Waals surface area contributed by atoms with Gasteiger partial charge in [-0.2, -0.15) is 5.10 Å². The average Bonchev–Trinajstić information content (AvgIpc) is 2.93. The molecule has 0 bridgehead atoms. The lowest BCUT2D eigenvalue weighted by Crippen LogP contribution is -2.31. The van der Waals surface area contributed by atoms with E-state index in [0.717, 1.165) is 10.9 Å². The zero-order valence-electron chi connectivity index (χ0n) is 11.5. The number of aromatic amines is 1. The van der Waals surface area contributed by atoms with Crippen LogP contribution in [-0.2, 0) is 0 Å². The molecule has 1 heterocycles. The van der Waals surface area contributed by atoms with Crippen LogP contribution in [-0.4, -0.2) is 22.6 Å². The number of hydrogen-bond donors (Lipinski definition) is 1. The van der Waals surface area contributed by atoms with Gasteiger partial charge in [-0.1, -0.05) is 30.3 Å². The van der Waals surface area contributed by atoms with Gasteiger partial charge in [0.1, 0.15) is 5.82 Å². The number of H-pyrrole nitrogens is 1. The van der Waals surface area contributed by atoms with Gasteiger partial charge in [0.2, 0.25) is 0 Å².